The van der Waals surface area contributed by atoms with E-state index in [1.807, 2.05) is 6.07 Å². The monoisotopic (exact) mass is 290 g/mol. The minimum Gasteiger partial charge on any atom is -0.339 e. The van der Waals surface area contributed by atoms with Crippen molar-refractivity contribution in [3.05, 3.63) is 39.2 Å². The Morgan fingerprint density at radius 3 is 2.57 bits per heavy atom. The lowest BCUT2D eigenvalue weighted by atomic mass is 10.2. The Kier molecular flexibility index (Phi) is 2.81. The molecular weight excluding hydrogens is 287 g/mol. The molecule has 5 heteroatoms. The van der Waals surface area contributed by atoms with E-state index in [1.54, 1.807) is 18.5 Å². The summed E-state index contributed by atoms with van der Waals surface area (Å²) in [6.07, 6.45) is 1.61. The average Bonchev–Trinajstić information content (AvgIpc) is 2.57. The Morgan fingerprint density at radius 1 is 1.21 bits per heavy atom. The van der Waals surface area contributed by atoms with Gasteiger partial charge in [-0.1, -0.05) is 29.3 Å². The predicted molar refractivity (Wildman–Crippen MR) is 61.7 cm³/mol. The minimum atomic E-state index is 0.527. The molecule has 0 fully saturated rings. The molecule has 0 aliphatic rings. The molecule has 72 valence electrons. The van der Waals surface area contributed by atoms with Crippen LogP contribution in [0.15, 0.2) is 29.1 Å². The van der Waals surface area contributed by atoms with Crippen LogP contribution >= 0.6 is 39.1 Å². The van der Waals surface area contributed by atoms with Gasteiger partial charge >= 0.3 is 0 Å². The van der Waals surface area contributed by atoms with Crippen LogP contribution in [0, 0.1) is 0 Å². The van der Waals surface area contributed by atoms with Crippen molar-refractivity contribution in [2.45, 2.75) is 0 Å². The van der Waals surface area contributed by atoms with Crippen molar-refractivity contribution in [1.82, 2.24) is 9.97 Å². The number of aromatic amines is 1. The summed E-state index contributed by atoms with van der Waals surface area (Å²) in [4.78, 5) is 7.08. The summed E-state index contributed by atoms with van der Waals surface area (Å²) in [5.74, 6) is 0. The Bertz CT molecular complexity index is 468. The maximum Gasteiger partial charge on any atom is 0.110 e. The van der Waals surface area contributed by atoms with Gasteiger partial charge in [-0.3, -0.25) is 0 Å². The van der Waals surface area contributed by atoms with Crippen molar-refractivity contribution in [2.75, 3.05) is 0 Å². The molecule has 0 aliphatic carbocycles. The number of nitrogens with zero attached hydrogens (tertiary/aromatic N) is 1. The SMILES string of the molecule is Clc1ccc(-c2nc[nH]c2Br)cc1Cl. The fourth-order valence-corrected chi connectivity index (χ4v) is 1.85. The molecule has 2 rings (SSSR count). The number of aromatic nitrogens is 2. The van der Waals surface area contributed by atoms with Crippen molar-refractivity contribution in [1.29, 1.82) is 0 Å². The highest BCUT2D eigenvalue weighted by atomic mass is 79.9. The summed E-state index contributed by atoms with van der Waals surface area (Å²) in [6, 6.07) is 5.40. The first kappa shape index (κ1) is 10.0. The number of H-pyrrole nitrogens is 1. The van der Waals surface area contributed by atoms with Gasteiger partial charge in [0.15, 0.2) is 0 Å². The molecule has 0 aliphatic heterocycles. The van der Waals surface area contributed by atoms with Gasteiger partial charge in [0, 0.05) is 5.56 Å². The van der Waals surface area contributed by atoms with Crippen molar-refractivity contribution in [3.8, 4) is 11.3 Å². The lowest BCUT2D eigenvalue weighted by molar-refractivity contribution is 1.30. The Hall–Kier alpha value is -0.510. The topological polar surface area (TPSA) is 28.7 Å². The van der Waals surface area contributed by atoms with Gasteiger partial charge in [-0.25, -0.2) is 4.98 Å². The summed E-state index contributed by atoms with van der Waals surface area (Å²) < 4.78 is 0.830. The van der Waals surface area contributed by atoms with Gasteiger partial charge in [0.05, 0.1) is 16.4 Å². The number of hydrogen-bond donors (Lipinski definition) is 1. The quantitative estimate of drug-likeness (QED) is 0.840. The van der Waals surface area contributed by atoms with Crippen molar-refractivity contribution < 1.29 is 0 Å². The smallest absolute Gasteiger partial charge is 0.110 e. The first-order chi connectivity index (χ1) is 6.68. The third kappa shape index (κ3) is 1.80. The molecule has 0 saturated carbocycles. The van der Waals surface area contributed by atoms with E-state index in [-0.39, 0.29) is 0 Å². The fraction of sp³-hybridized carbons (Fsp3) is 0. The van der Waals surface area contributed by atoms with Crippen LogP contribution in [-0.4, -0.2) is 9.97 Å². The van der Waals surface area contributed by atoms with Gasteiger partial charge in [0.25, 0.3) is 0 Å². The van der Waals surface area contributed by atoms with Gasteiger partial charge in [0.2, 0.25) is 0 Å². The van der Waals surface area contributed by atoms with E-state index in [0.717, 1.165) is 15.9 Å². The molecule has 1 heterocycles. The number of benzene rings is 1. The Balaban J connectivity index is 2.53. The van der Waals surface area contributed by atoms with Gasteiger partial charge in [-0.15, -0.1) is 0 Å². The van der Waals surface area contributed by atoms with E-state index >= 15 is 0 Å². The van der Waals surface area contributed by atoms with Gasteiger partial charge in [-0.2, -0.15) is 0 Å². The van der Waals surface area contributed by atoms with Crippen LogP contribution in [0.5, 0.6) is 0 Å². The first-order valence-electron chi connectivity index (χ1n) is 3.83. The fourth-order valence-electron chi connectivity index (χ4n) is 1.12. The molecule has 2 nitrogen and oxygen atoms in total. The van der Waals surface area contributed by atoms with Crippen LogP contribution in [0.1, 0.15) is 0 Å². The lowest BCUT2D eigenvalue weighted by Gasteiger charge is -2.00. The van der Waals surface area contributed by atoms with E-state index in [2.05, 4.69) is 25.9 Å². The third-order valence-electron chi connectivity index (χ3n) is 1.79. The summed E-state index contributed by atoms with van der Waals surface area (Å²) >= 11 is 15.1. The van der Waals surface area contributed by atoms with Crippen molar-refractivity contribution >= 4 is 39.1 Å². The molecule has 14 heavy (non-hydrogen) atoms. The second kappa shape index (κ2) is 3.93. The molecule has 0 atom stereocenters. The zero-order valence-corrected chi connectivity index (χ0v) is 9.99. The molecule has 1 aromatic carbocycles. The largest absolute Gasteiger partial charge is 0.339 e. The number of imidazole rings is 1. The Morgan fingerprint density at radius 2 is 2.00 bits per heavy atom. The third-order valence-corrected chi connectivity index (χ3v) is 3.13. The highest BCUT2D eigenvalue weighted by Crippen LogP contribution is 2.30. The molecule has 0 bridgehead atoms. The van der Waals surface area contributed by atoms with E-state index in [0.29, 0.717) is 10.0 Å². The van der Waals surface area contributed by atoms with Crippen LogP contribution in [0.25, 0.3) is 11.3 Å². The maximum atomic E-state index is 5.90. The summed E-state index contributed by atoms with van der Waals surface area (Å²) in [5, 5.41) is 1.07. The van der Waals surface area contributed by atoms with E-state index in [1.165, 1.54) is 0 Å². The van der Waals surface area contributed by atoms with Crippen LogP contribution < -0.4 is 0 Å². The normalized spacial score (nSPS) is 10.5. The summed E-state index contributed by atoms with van der Waals surface area (Å²) in [7, 11) is 0. The van der Waals surface area contributed by atoms with Crippen LogP contribution in [0.3, 0.4) is 0 Å². The van der Waals surface area contributed by atoms with Crippen molar-refractivity contribution in [2.24, 2.45) is 0 Å². The molecule has 0 amide bonds. The second-order valence-corrected chi connectivity index (χ2v) is 4.30. The van der Waals surface area contributed by atoms with Gasteiger partial charge < -0.3 is 4.98 Å². The second-order valence-electron chi connectivity index (χ2n) is 2.69. The molecular formula is C9H5BrCl2N2. The number of hydrogen-bond acceptors (Lipinski definition) is 1. The molecule has 2 aromatic rings. The number of nitrogens with one attached hydrogen (secondary N) is 1. The van der Waals surface area contributed by atoms with E-state index in [9.17, 15) is 0 Å². The predicted octanol–water partition coefficient (Wildman–Crippen LogP) is 4.15. The maximum absolute atomic E-state index is 5.90. The van der Waals surface area contributed by atoms with Crippen LogP contribution in [0.2, 0.25) is 10.0 Å². The van der Waals surface area contributed by atoms with Crippen molar-refractivity contribution in [3.63, 3.8) is 0 Å². The lowest BCUT2D eigenvalue weighted by Crippen LogP contribution is -1.79. The molecule has 0 radical (unpaired) electrons. The summed E-state index contributed by atoms with van der Waals surface area (Å²) in [6.45, 7) is 0. The molecule has 0 spiro atoms. The van der Waals surface area contributed by atoms with Gasteiger partial charge in [-0.05, 0) is 28.1 Å². The number of rotatable bonds is 1. The zero-order valence-electron chi connectivity index (χ0n) is 6.89. The first-order valence-corrected chi connectivity index (χ1v) is 5.37. The average molecular weight is 292 g/mol. The highest BCUT2D eigenvalue weighted by molar-refractivity contribution is 9.10. The zero-order chi connectivity index (χ0) is 10.1. The van der Waals surface area contributed by atoms with Crippen LogP contribution in [-0.2, 0) is 0 Å². The summed E-state index contributed by atoms with van der Waals surface area (Å²) in [5.41, 5.74) is 1.75. The standard InChI is InChI=1S/C9H5BrCl2N2/c10-9-8(13-4-14-9)5-1-2-6(11)7(12)3-5/h1-4H,(H,13,14). The highest BCUT2D eigenvalue weighted by Gasteiger charge is 2.07. The molecule has 1 N–H and O–H groups in total. The molecule has 1 aromatic heterocycles. The van der Waals surface area contributed by atoms with E-state index < -0.39 is 0 Å². The molecule has 0 saturated heterocycles. The molecule has 0 unspecified atom stereocenters. The number of halogens is 3. The minimum absolute atomic E-state index is 0.527. The van der Waals surface area contributed by atoms with Gasteiger partial charge in [0.1, 0.15) is 10.3 Å². The van der Waals surface area contributed by atoms with Crippen LogP contribution in [0.4, 0.5) is 0 Å². The van der Waals surface area contributed by atoms with E-state index in [4.69, 9.17) is 23.2 Å². The Labute approximate surface area is 99.4 Å².